The van der Waals surface area contributed by atoms with Crippen molar-refractivity contribution in [3.8, 4) is 0 Å². The van der Waals surface area contributed by atoms with Gasteiger partial charge in [0.1, 0.15) is 5.60 Å². The normalized spacial score (nSPS) is 17.1. The molecule has 0 spiro atoms. The smallest absolute Gasteiger partial charge is 0.410 e. The van der Waals surface area contributed by atoms with Crippen molar-refractivity contribution in [2.75, 3.05) is 25.0 Å². The van der Waals surface area contributed by atoms with Crippen LogP contribution in [0.4, 0.5) is 10.5 Å². The molecule has 1 aromatic carbocycles. The Bertz CT molecular complexity index is 730. The minimum absolute atomic E-state index is 0.00257. The van der Waals surface area contributed by atoms with E-state index in [9.17, 15) is 14.4 Å². The van der Waals surface area contributed by atoms with Gasteiger partial charge in [-0.05, 0) is 51.8 Å². The van der Waals surface area contributed by atoms with Crippen molar-refractivity contribution in [3.63, 3.8) is 0 Å². The zero-order chi connectivity index (χ0) is 19.6. The molecule has 0 atom stereocenters. The van der Waals surface area contributed by atoms with E-state index in [1.807, 2.05) is 20.8 Å². The number of likely N-dealkylation sites (tertiary alicyclic amines) is 1. The Labute approximate surface area is 159 Å². The molecule has 1 aliphatic carbocycles. The maximum Gasteiger partial charge on any atom is 0.410 e. The van der Waals surface area contributed by atoms with E-state index in [1.165, 1.54) is 0 Å². The average molecular weight is 374 g/mol. The number of amides is 2. The fourth-order valence-electron chi connectivity index (χ4n) is 2.74. The molecule has 1 saturated carbocycles. The lowest BCUT2D eigenvalue weighted by Gasteiger charge is -2.39. The van der Waals surface area contributed by atoms with Crippen LogP contribution in [0.3, 0.4) is 0 Å². The number of rotatable bonds is 5. The van der Waals surface area contributed by atoms with Gasteiger partial charge in [-0.1, -0.05) is 6.07 Å². The van der Waals surface area contributed by atoms with Crippen LogP contribution in [0, 0.1) is 11.8 Å². The van der Waals surface area contributed by atoms with Crippen LogP contribution in [0.1, 0.15) is 44.0 Å². The lowest BCUT2D eigenvalue weighted by Crippen LogP contribution is -2.53. The van der Waals surface area contributed by atoms with E-state index in [4.69, 9.17) is 9.47 Å². The first-order valence-electron chi connectivity index (χ1n) is 9.27. The second kappa shape index (κ2) is 7.58. The van der Waals surface area contributed by atoms with Crippen molar-refractivity contribution in [1.82, 2.24) is 4.90 Å². The molecule has 0 bridgehead atoms. The maximum atomic E-state index is 12.2. The molecule has 0 radical (unpaired) electrons. The van der Waals surface area contributed by atoms with E-state index in [2.05, 4.69) is 5.32 Å². The number of ether oxygens (including phenoxy) is 2. The first-order chi connectivity index (χ1) is 12.7. The summed E-state index contributed by atoms with van der Waals surface area (Å²) in [5.41, 5.74) is 0.474. The molecule has 1 heterocycles. The van der Waals surface area contributed by atoms with Crippen LogP contribution in [0.15, 0.2) is 24.3 Å². The van der Waals surface area contributed by atoms with Gasteiger partial charge in [-0.2, -0.15) is 0 Å². The van der Waals surface area contributed by atoms with Crippen LogP contribution in [-0.4, -0.2) is 48.2 Å². The van der Waals surface area contributed by atoms with Gasteiger partial charge < -0.3 is 19.7 Å². The van der Waals surface area contributed by atoms with Gasteiger partial charge in [0.25, 0.3) is 0 Å². The van der Waals surface area contributed by atoms with Crippen LogP contribution in [0.25, 0.3) is 0 Å². The molecular formula is C20H26N2O5. The first-order valence-corrected chi connectivity index (χ1v) is 9.27. The van der Waals surface area contributed by atoms with Crippen molar-refractivity contribution in [2.45, 2.75) is 39.2 Å². The Balaban J connectivity index is 1.42. The minimum atomic E-state index is -0.519. The summed E-state index contributed by atoms with van der Waals surface area (Å²) in [5, 5.41) is 2.82. The van der Waals surface area contributed by atoms with Crippen LogP contribution in [0.5, 0.6) is 0 Å². The summed E-state index contributed by atoms with van der Waals surface area (Å²) in [6, 6.07) is 6.74. The number of hydrogen-bond acceptors (Lipinski definition) is 5. The molecule has 1 aliphatic heterocycles. The average Bonchev–Trinajstić information content (AvgIpc) is 3.36. The quantitative estimate of drug-likeness (QED) is 0.801. The van der Waals surface area contributed by atoms with Crippen LogP contribution >= 0.6 is 0 Å². The zero-order valence-electron chi connectivity index (χ0n) is 16.0. The highest BCUT2D eigenvalue weighted by Crippen LogP contribution is 2.30. The van der Waals surface area contributed by atoms with Crippen molar-refractivity contribution in [2.24, 2.45) is 11.8 Å². The molecule has 27 heavy (non-hydrogen) atoms. The second-order valence-electron chi connectivity index (χ2n) is 8.19. The Morgan fingerprint density at radius 3 is 2.52 bits per heavy atom. The number of benzene rings is 1. The number of nitrogens with zero attached hydrogens (tertiary/aromatic N) is 1. The Hall–Kier alpha value is -2.57. The topological polar surface area (TPSA) is 84.9 Å². The van der Waals surface area contributed by atoms with E-state index < -0.39 is 11.6 Å². The Morgan fingerprint density at radius 1 is 1.19 bits per heavy atom. The van der Waals surface area contributed by atoms with E-state index in [1.54, 1.807) is 29.2 Å². The predicted octanol–water partition coefficient (Wildman–Crippen LogP) is 3.06. The largest absolute Gasteiger partial charge is 0.462 e. The third kappa shape index (κ3) is 5.45. The number of carbonyl (C=O) groups excluding carboxylic acids is 3. The number of anilines is 1. The molecule has 1 aromatic rings. The van der Waals surface area contributed by atoms with Crippen molar-refractivity contribution in [3.05, 3.63) is 29.8 Å². The SMILES string of the molecule is CC(C)(C)OC(=O)N1CC(COC(=O)c2cccc(NC(=O)C3CC3)c2)C1. The molecule has 1 saturated heterocycles. The van der Waals surface area contributed by atoms with E-state index in [0.717, 1.165) is 12.8 Å². The Morgan fingerprint density at radius 2 is 1.89 bits per heavy atom. The van der Waals surface area contributed by atoms with Crippen molar-refractivity contribution in [1.29, 1.82) is 0 Å². The summed E-state index contributed by atoms with van der Waals surface area (Å²) in [7, 11) is 0. The van der Waals surface area contributed by atoms with Crippen LogP contribution in [-0.2, 0) is 14.3 Å². The highest BCUT2D eigenvalue weighted by Gasteiger charge is 2.34. The number of hydrogen-bond donors (Lipinski definition) is 1. The Kier molecular flexibility index (Phi) is 5.39. The van der Waals surface area contributed by atoms with E-state index in [0.29, 0.717) is 24.3 Å². The molecule has 3 rings (SSSR count). The molecule has 7 nitrogen and oxygen atoms in total. The fourth-order valence-corrected chi connectivity index (χ4v) is 2.74. The summed E-state index contributed by atoms with van der Waals surface area (Å²) in [6.07, 6.45) is 1.51. The summed E-state index contributed by atoms with van der Waals surface area (Å²) in [4.78, 5) is 37.5. The molecule has 146 valence electrons. The van der Waals surface area contributed by atoms with Gasteiger partial charge in [0.15, 0.2) is 0 Å². The molecule has 0 aromatic heterocycles. The van der Waals surface area contributed by atoms with Gasteiger partial charge in [0.2, 0.25) is 5.91 Å². The van der Waals surface area contributed by atoms with Crippen molar-refractivity contribution < 1.29 is 23.9 Å². The first kappa shape index (κ1) is 19.2. The maximum absolute atomic E-state index is 12.2. The highest BCUT2D eigenvalue weighted by atomic mass is 16.6. The van der Waals surface area contributed by atoms with Gasteiger partial charge in [-0.25, -0.2) is 9.59 Å². The van der Waals surface area contributed by atoms with E-state index >= 15 is 0 Å². The monoisotopic (exact) mass is 374 g/mol. The third-order valence-electron chi connectivity index (χ3n) is 4.37. The molecule has 7 heteroatoms. The van der Waals surface area contributed by atoms with Crippen LogP contribution in [0.2, 0.25) is 0 Å². The van der Waals surface area contributed by atoms with Gasteiger partial charge in [0.05, 0.1) is 12.2 Å². The lowest BCUT2D eigenvalue weighted by atomic mass is 10.0. The van der Waals surface area contributed by atoms with Gasteiger partial charge in [0, 0.05) is 30.6 Å². The van der Waals surface area contributed by atoms with Crippen LogP contribution < -0.4 is 5.32 Å². The number of nitrogens with one attached hydrogen (secondary N) is 1. The second-order valence-corrected chi connectivity index (χ2v) is 8.19. The summed E-state index contributed by atoms with van der Waals surface area (Å²) >= 11 is 0. The lowest BCUT2D eigenvalue weighted by molar-refractivity contribution is -0.117. The van der Waals surface area contributed by atoms with Gasteiger partial charge in [-0.3, -0.25) is 4.79 Å². The molecule has 1 N–H and O–H groups in total. The minimum Gasteiger partial charge on any atom is -0.462 e. The fraction of sp³-hybridized carbons (Fsp3) is 0.550. The molecule has 2 amide bonds. The van der Waals surface area contributed by atoms with E-state index in [-0.39, 0.29) is 30.4 Å². The molecular weight excluding hydrogens is 348 g/mol. The number of carbonyl (C=O) groups is 3. The number of esters is 1. The van der Waals surface area contributed by atoms with Gasteiger partial charge >= 0.3 is 12.1 Å². The standard InChI is InChI=1S/C20H26N2O5/c1-20(2,3)27-19(25)22-10-13(11-22)12-26-18(24)15-5-4-6-16(9-15)21-17(23)14-7-8-14/h4-6,9,13-14H,7-8,10-12H2,1-3H3,(H,21,23). The molecule has 2 fully saturated rings. The third-order valence-corrected chi connectivity index (χ3v) is 4.37. The summed E-state index contributed by atoms with van der Waals surface area (Å²) in [5.74, 6) is -0.225. The predicted molar refractivity (Wildman–Crippen MR) is 99.4 cm³/mol. The molecule has 0 unspecified atom stereocenters. The molecule has 2 aliphatic rings. The van der Waals surface area contributed by atoms with Gasteiger partial charge in [-0.15, -0.1) is 0 Å². The summed E-state index contributed by atoms with van der Waals surface area (Å²) < 4.78 is 10.6. The summed E-state index contributed by atoms with van der Waals surface area (Å²) in [6.45, 7) is 6.75. The zero-order valence-corrected chi connectivity index (χ0v) is 16.0. The highest BCUT2D eigenvalue weighted by molar-refractivity contribution is 5.96. The van der Waals surface area contributed by atoms with Crippen molar-refractivity contribution >= 4 is 23.7 Å².